The van der Waals surface area contributed by atoms with Crippen LogP contribution in [0.4, 0.5) is 11.4 Å². The van der Waals surface area contributed by atoms with Crippen molar-refractivity contribution in [3.8, 4) is 0 Å². The van der Waals surface area contributed by atoms with Crippen molar-refractivity contribution in [3.63, 3.8) is 0 Å². The summed E-state index contributed by atoms with van der Waals surface area (Å²) in [6.45, 7) is 1.86. The zero-order valence-electron chi connectivity index (χ0n) is 11.0. The van der Waals surface area contributed by atoms with E-state index in [1.165, 1.54) is 6.07 Å². The molecule has 1 aromatic carbocycles. The monoisotopic (exact) mass is 265 g/mol. The topological polar surface area (TPSA) is 78.6 Å². The second-order valence-electron chi connectivity index (χ2n) is 4.81. The summed E-state index contributed by atoms with van der Waals surface area (Å²) in [5.74, 6) is 0. The van der Waals surface area contributed by atoms with Gasteiger partial charge in [-0.1, -0.05) is 6.07 Å². The fourth-order valence-corrected chi connectivity index (χ4v) is 2.59. The maximum absolute atomic E-state index is 10.9. The number of anilines is 1. The van der Waals surface area contributed by atoms with E-state index >= 15 is 0 Å². The lowest BCUT2D eigenvalue weighted by atomic mass is 10.1. The largest absolute Gasteiger partial charge is 0.395 e. The quantitative estimate of drug-likeness (QED) is 0.624. The molecule has 0 amide bonds. The first-order valence-corrected chi connectivity index (χ1v) is 6.45. The molecule has 0 bridgehead atoms. The predicted octanol–water partition coefficient (Wildman–Crippen LogP) is 1.59. The molecule has 1 aliphatic rings. The van der Waals surface area contributed by atoms with Crippen LogP contribution in [0.1, 0.15) is 18.4 Å². The van der Waals surface area contributed by atoms with Gasteiger partial charge in [0.1, 0.15) is 5.69 Å². The molecule has 1 heterocycles. The molecular weight excluding hydrogens is 246 g/mol. The van der Waals surface area contributed by atoms with Crippen molar-refractivity contribution in [1.29, 1.82) is 0 Å². The molecule has 19 heavy (non-hydrogen) atoms. The Hall–Kier alpha value is -1.66. The van der Waals surface area contributed by atoms with Crippen LogP contribution in [-0.4, -0.2) is 41.2 Å². The van der Waals surface area contributed by atoms with E-state index in [0.29, 0.717) is 5.69 Å². The highest BCUT2D eigenvalue weighted by Gasteiger charge is 2.24. The number of likely N-dealkylation sites (tertiary alicyclic amines) is 1. The molecule has 1 aromatic rings. The van der Waals surface area contributed by atoms with E-state index in [1.807, 2.05) is 6.07 Å². The molecule has 1 saturated heterocycles. The molecule has 1 unspecified atom stereocenters. The SMILES string of the molecule is CNc1cc(CN2CCCC2CO)ccc1[N+](=O)[O-]. The standard InChI is InChI=1S/C13H19N3O3/c1-14-12-7-10(4-5-13(12)16(18)19)8-15-6-2-3-11(15)9-17/h4-5,7,11,14,17H,2-3,6,8-9H2,1H3. The van der Waals surface area contributed by atoms with E-state index in [2.05, 4.69) is 10.2 Å². The Balaban J connectivity index is 2.15. The highest BCUT2D eigenvalue weighted by molar-refractivity contribution is 5.62. The highest BCUT2D eigenvalue weighted by atomic mass is 16.6. The number of hydrogen-bond acceptors (Lipinski definition) is 5. The molecule has 6 heteroatoms. The van der Waals surface area contributed by atoms with E-state index < -0.39 is 0 Å². The third-order valence-electron chi connectivity index (χ3n) is 3.62. The Morgan fingerprint density at radius 2 is 2.37 bits per heavy atom. The summed E-state index contributed by atoms with van der Waals surface area (Å²) >= 11 is 0. The van der Waals surface area contributed by atoms with Crippen molar-refractivity contribution in [2.45, 2.75) is 25.4 Å². The number of benzene rings is 1. The van der Waals surface area contributed by atoms with Crippen LogP contribution in [0.15, 0.2) is 18.2 Å². The van der Waals surface area contributed by atoms with Gasteiger partial charge in [-0.2, -0.15) is 0 Å². The zero-order valence-corrected chi connectivity index (χ0v) is 11.0. The van der Waals surface area contributed by atoms with E-state index in [9.17, 15) is 15.2 Å². The molecule has 6 nitrogen and oxygen atoms in total. The maximum Gasteiger partial charge on any atom is 0.292 e. The van der Waals surface area contributed by atoms with Crippen LogP contribution in [0.3, 0.4) is 0 Å². The van der Waals surface area contributed by atoms with Crippen molar-refractivity contribution in [3.05, 3.63) is 33.9 Å². The number of hydrogen-bond donors (Lipinski definition) is 2. The number of nitrogens with zero attached hydrogens (tertiary/aromatic N) is 2. The van der Waals surface area contributed by atoms with Gasteiger partial charge >= 0.3 is 0 Å². The Bertz CT molecular complexity index is 464. The molecular formula is C13H19N3O3. The minimum Gasteiger partial charge on any atom is -0.395 e. The van der Waals surface area contributed by atoms with Gasteiger partial charge in [-0.25, -0.2) is 0 Å². The summed E-state index contributed by atoms with van der Waals surface area (Å²) in [6, 6.07) is 5.34. The van der Waals surface area contributed by atoms with Gasteiger partial charge < -0.3 is 10.4 Å². The molecule has 104 valence electrons. The number of nitrogens with one attached hydrogen (secondary N) is 1. The molecule has 0 saturated carbocycles. The normalized spacial score (nSPS) is 19.6. The summed E-state index contributed by atoms with van der Waals surface area (Å²) in [6.07, 6.45) is 2.11. The molecule has 1 atom stereocenters. The molecule has 1 aliphatic heterocycles. The maximum atomic E-state index is 10.9. The van der Waals surface area contributed by atoms with Crippen molar-refractivity contribution in [1.82, 2.24) is 4.90 Å². The van der Waals surface area contributed by atoms with Gasteiger partial charge in [0.25, 0.3) is 5.69 Å². The minimum atomic E-state index is -0.387. The van der Waals surface area contributed by atoms with Crippen molar-refractivity contribution < 1.29 is 10.0 Å². The Labute approximate surface area is 112 Å². The first-order valence-electron chi connectivity index (χ1n) is 6.45. The minimum absolute atomic E-state index is 0.0892. The smallest absolute Gasteiger partial charge is 0.292 e. The van der Waals surface area contributed by atoms with Gasteiger partial charge in [0, 0.05) is 25.7 Å². The van der Waals surface area contributed by atoms with Crippen LogP contribution in [-0.2, 0) is 6.54 Å². The van der Waals surface area contributed by atoms with Crippen LogP contribution in [0.2, 0.25) is 0 Å². The second kappa shape index (κ2) is 5.99. The third kappa shape index (κ3) is 3.02. The number of aliphatic hydroxyl groups is 1. The van der Waals surface area contributed by atoms with E-state index in [0.717, 1.165) is 31.5 Å². The third-order valence-corrected chi connectivity index (χ3v) is 3.62. The Morgan fingerprint density at radius 3 is 3.00 bits per heavy atom. The van der Waals surface area contributed by atoms with Crippen molar-refractivity contribution in [2.24, 2.45) is 0 Å². The number of rotatable bonds is 5. The van der Waals surface area contributed by atoms with Crippen LogP contribution in [0, 0.1) is 10.1 Å². The number of aliphatic hydroxyl groups excluding tert-OH is 1. The van der Waals surface area contributed by atoms with Crippen molar-refractivity contribution in [2.75, 3.05) is 25.5 Å². The Morgan fingerprint density at radius 1 is 1.58 bits per heavy atom. The molecule has 0 radical (unpaired) electrons. The molecule has 0 spiro atoms. The van der Waals surface area contributed by atoms with Gasteiger partial charge in [0.2, 0.25) is 0 Å². The molecule has 2 N–H and O–H groups in total. The average Bonchev–Trinajstić information content (AvgIpc) is 2.85. The lowest BCUT2D eigenvalue weighted by Gasteiger charge is -2.22. The van der Waals surface area contributed by atoms with E-state index in [1.54, 1.807) is 13.1 Å². The van der Waals surface area contributed by atoms with E-state index in [4.69, 9.17) is 0 Å². The van der Waals surface area contributed by atoms with Gasteiger partial charge in [-0.15, -0.1) is 0 Å². The highest BCUT2D eigenvalue weighted by Crippen LogP contribution is 2.27. The molecule has 0 aliphatic carbocycles. The zero-order chi connectivity index (χ0) is 13.8. The summed E-state index contributed by atoms with van der Waals surface area (Å²) < 4.78 is 0. The average molecular weight is 265 g/mol. The second-order valence-corrected chi connectivity index (χ2v) is 4.81. The van der Waals surface area contributed by atoms with Gasteiger partial charge in [-0.05, 0) is 31.0 Å². The van der Waals surface area contributed by atoms with Crippen LogP contribution in [0.25, 0.3) is 0 Å². The summed E-state index contributed by atoms with van der Waals surface area (Å²) in [7, 11) is 1.68. The number of nitro groups is 1. The summed E-state index contributed by atoms with van der Waals surface area (Å²) in [5.41, 5.74) is 1.64. The molecule has 1 fully saturated rings. The van der Waals surface area contributed by atoms with Gasteiger partial charge in [-0.3, -0.25) is 15.0 Å². The van der Waals surface area contributed by atoms with Crippen LogP contribution < -0.4 is 5.32 Å². The summed E-state index contributed by atoms with van der Waals surface area (Å²) in [5, 5.41) is 23.0. The van der Waals surface area contributed by atoms with E-state index in [-0.39, 0.29) is 23.3 Å². The lowest BCUT2D eigenvalue weighted by Crippen LogP contribution is -2.31. The van der Waals surface area contributed by atoms with Crippen molar-refractivity contribution >= 4 is 11.4 Å². The first kappa shape index (κ1) is 13.8. The fourth-order valence-electron chi connectivity index (χ4n) is 2.59. The van der Waals surface area contributed by atoms with Gasteiger partial charge in [0.15, 0.2) is 0 Å². The van der Waals surface area contributed by atoms with Gasteiger partial charge in [0.05, 0.1) is 11.5 Å². The predicted molar refractivity (Wildman–Crippen MR) is 73.2 cm³/mol. The van der Waals surface area contributed by atoms with Crippen LogP contribution in [0.5, 0.6) is 0 Å². The fraction of sp³-hybridized carbons (Fsp3) is 0.538. The Kier molecular flexibility index (Phi) is 4.34. The number of nitro benzene ring substituents is 1. The van der Waals surface area contributed by atoms with Crippen LogP contribution >= 0.6 is 0 Å². The summed E-state index contributed by atoms with van der Waals surface area (Å²) in [4.78, 5) is 12.7. The molecule has 0 aromatic heterocycles. The first-order chi connectivity index (χ1) is 9.15. The molecule has 2 rings (SSSR count). The lowest BCUT2D eigenvalue weighted by molar-refractivity contribution is -0.384.